The van der Waals surface area contributed by atoms with Crippen molar-refractivity contribution >= 4 is 17.7 Å². The number of aromatic nitrogens is 1. The first-order chi connectivity index (χ1) is 5.47. The molecule has 0 saturated carbocycles. The van der Waals surface area contributed by atoms with Gasteiger partial charge < -0.3 is 9.78 Å². The van der Waals surface area contributed by atoms with Crippen molar-refractivity contribution in [2.24, 2.45) is 0 Å². The first-order valence-electron chi connectivity index (χ1n) is 3.28. The molecule has 0 saturated heterocycles. The van der Waals surface area contributed by atoms with E-state index in [-0.39, 0.29) is 0 Å². The van der Waals surface area contributed by atoms with E-state index in [4.69, 9.17) is 4.79 Å². The third-order valence-corrected chi connectivity index (χ3v) is 1.46. The Labute approximate surface area is 64.9 Å². The minimum Gasteiger partial charge on any atom is -0.361 e. The number of fused-ring (bicyclic) bond motifs is 1. The summed E-state index contributed by atoms with van der Waals surface area (Å²) in [6, 6.07) is 10.3. The van der Waals surface area contributed by atoms with Crippen LogP contribution in [-0.4, -0.2) is 11.8 Å². The van der Waals surface area contributed by atoms with E-state index in [2.05, 4.69) is 23.2 Å². The molecule has 0 aliphatic carbocycles. The Morgan fingerprint density at radius 3 is 2.55 bits per heavy atom. The second kappa shape index (κ2) is 3.56. The van der Waals surface area contributed by atoms with E-state index in [1.165, 1.54) is 10.9 Å². The molecule has 2 aromatic rings. The Hall–Kier alpha value is -1.57. The third kappa shape index (κ3) is 1.46. The van der Waals surface area contributed by atoms with E-state index < -0.39 is 0 Å². The van der Waals surface area contributed by atoms with Crippen LogP contribution in [-0.2, 0) is 4.79 Å². The summed E-state index contributed by atoms with van der Waals surface area (Å²) in [4.78, 5) is 11.1. The van der Waals surface area contributed by atoms with E-state index in [0.717, 1.165) is 0 Å². The lowest BCUT2D eigenvalue weighted by Gasteiger charge is -1.83. The molecular weight excluding hydrogens is 138 g/mol. The van der Waals surface area contributed by atoms with Gasteiger partial charge in [0.1, 0.15) is 6.79 Å². The smallest absolute Gasteiger partial charge is 0.106 e. The molecule has 0 spiro atoms. The number of hydrogen-bond donors (Lipinski definition) is 1. The Bertz CT molecular complexity index is 297. The number of rotatable bonds is 0. The zero-order valence-corrected chi connectivity index (χ0v) is 6.08. The van der Waals surface area contributed by atoms with Gasteiger partial charge in [0.15, 0.2) is 0 Å². The van der Waals surface area contributed by atoms with Crippen LogP contribution in [0.5, 0.6) is 0 Å². The molecule has 1 N–H and O–H groups in total. The predicted octanol–water partition coefficient (Wildman–Crippen LogP) is 1.98. The average Bonchev–Trinajstić information content (AvgIpc) is 2.55. The highest BCUT2D eigenvalue weighted by Crippen LogP contribution is 2.09. The number of para-hydroxylation sites is 1. The highest BCUT2D eigenvalue weighted by atomic mass is 16.1. The molecule has 0 bridgehead atoms. The van der Waals surface area contributed by atoms with Gasteiger partial charge >= 0.3 is 0 Å². The predicted molar refractivity (Wildman–Crippen MR) is 45.4 cm³/mol. The summed E-state index contributed by atoms with van der Waals surface area (Å²) in [6.45, 7) is 2.00. The maximum atomic E-state index is 8.00. The lowest BCUT2D eigenvalue weighted by atomic mass is 10.3. The molecule has 0 amide bonds. The van der Waals surface area contributed by atoms with E-state index in [0.29, 0.717) is 0 Å². The molecule has 11 heavy (non-hydrogen) atoms. The summed E-state index contributed by atoms with van der Waals surface area (Å²) in [5.41, 5.74) is 1.21. The quantitative estimate of drug-likeness (QED) is 0.607. The number of hydrogen-bond acceptors (Lipinski definition) is 1. The lowest BCUT2D eigenvalue weighted by Crippen LogP contribution is -1.61. The normalized spacial score (nSPS) is 8.73. The molecule has 0 unspecified atom stereocenters. The van der Waals surface area contributed by atoms with Crippen LogP contribution in [0, 0.1) is 0 Å². The number of carbonyl (C=O) groups is 1. The highest BCUT2D eigenvalue weighted by Gasteiger charge is 1.86. The molecular formula is C9H9NO. The van der Waals surface area contributed by atoms with Crippen molar-refractivity contribution in [3.8, 4) is 0 Å². The number of aromatic amines is 1. The first kappa shape index (κ1) is 7.54. The van der Waals surface area contributed by atoms with Crippen LogP contribution in [0.4, 0.5) is 0 Å². The summed E-state index contributed by atoms with van der Waals surface area (Å²) in [7, 11) is 0. The summed E-state index contributed by atoms with van der Waals surface area (Å²) >= 11 is 0. The van der Waals surface area contributed by atoms with E-state index in [9.17, 15) is 0 Å². The summed E-state index contributed by atoms with van der Waals surface area (Å²) in [5, 5.41) is 1.28. The van der Waals surface area contributed by atoms with Crippen LogP contribution in [0.3, 0.4) is 0 Å². The van der Waals surface area contributed by atoms with Crippen LogP contribution in [0.1, 0.15) is 0 Å². The van der Waals surface area contributed by atoms with E-state index in [1.54, 1.807) is 0 Å². The SMILES string of the molecule is C=O.c1ccc2[nH]ccc2c1. The molecule has 1 aromatic carbocycles. The Balaban J connectivity index is 0.000000281. The van der Waals surface area contributed by atoms with Crippen molar-refractivity contribution in [1.29, 1.82) is 0 Å². The van der Waals surface area contributed by atoms with Gasteiger partial charge in [-0.2, -0.15) is 0 Å². The summed E-state index contributed by atoms with van der Waals surface area (Å²) in [6.07, 6.45) is 1.95. The molecule has 2 nitrogen and oxygen atoms in total. The Kier molecular flexibility index (Phi) is 2.44. The van der Waals surface area contributed by atoms with Crippen molar-refractivity contribution in [3.63, 3.8) is 0 Å². The summed E-state index contributed by atoms with van der Waals surface area (Å²) < 4.78 is 0. The molecule has 0 radical (unpaired) electrons. The zero-order valence-electron chi connectivity index (χ0n) is 6.08. The van der Waals surface area contributed by atoms with E-state index >= 15 is 0 Å². The molecule has 0 aliphatic rings. The van der Waals surface area contributed by atoms with Crippen LogP contribution >= 0.6 is 0 Å². The minimum absolute atomic E-state index is 1.21. The van der Waals surface area contributed by atoms with E-state index in [1.807, 2.05) is 25.1 Å². The van der Waals surface area contributed by atoms with Crippen molar-refractivity contribution in [3.05, 3.63) is 36.5 Å². The van der Waals surface area contributed by atoms with Crippen molar-refractivity contribution in [2.75, 3.05) is 0 Å². The number of H-pyrrole nitrogens is 1. The van der Waals surface area contributed by atoms with Crippen molar-refractivity contribution in [1.82, 2.24) is 4.98 Å². The fourth-order valence-corrected chi connectivity index (χ4v) is 0.995. The zero-order chi connectivity index (χ0) is 8.10. The fraction of sp³-hybridized carbons (Fsp3) is 0. The average molecular weight is 147 g/mol. The second-order valence-electron chi connectivity index (χ2n) is 2.06. The van der Waals surface area contributed by atoms with Crippen LogP contribution in [0.15, 0.2) is 36.5 Å². The molecule has 2 rings (SSSR count). The van der Waals surface area contributed by atoms with Gasteiger partial charge in [0.05, 0.1) is 0 Å². The molecule has 0 fully saturated rings. The molecule has 1 heterocycles. The van der Waals surface area contributed by atoms with Gasteiger partial charge in [0.2, 0.25) is 0 Å². The monoisotopic (exact) mass is 147 g/mol. The fourth-order valence-electron chi connectivity index (χ4n) is 0.995. The molecule has 0 aliphatic heterocycles. The number of carbonyl (C=O) groups excluding carboxylic acids is 1. The second-order valence-corrected chi connectivity index (χ2v) is 2.06. The minimum atomic E-state index is 1.21. The Morgan fingerprint density at radius 1 is 1.09 bits per heavy atom. The van der Waals surface area contributed by atoms with Crippen molar-refractivity contribution in [2.45, 2.75) is 0 Å². The number of nitrogens with one attached hydrogen (secondary N) is 1. The van der Waals surface area contributed by atoms with Gasteiger partial charge in [0, 0.05) is 11.7 Å². The summed E-state index contributed by atoms with van der Waals surface area (Å²) in [5.74, 6) is 0. The van der Waals surface area contributed by atoms with Gasteiger partial charge in [0.25, 0.3) is 0 Å². The van der Waals surface area contributed by atoms with Gasteiger partial charge in [-0.25, -0.2) is 0 Å². The molecule has 1 aromatic heterocycles. The van der Waals surface area contributed by atoms with Gasteiger partial charge in [-0.3, -0.25) is 0 Å². The largest absolute Gasteiger partial charge is 0.361 e. The van der Waals surface area contributed by atoms with Crippen LogP contribution < -0.4 is 0 Å². The lowest BCUT2D eigenvalue weighted by molar-refractivity contribution is -0.0979. The van der Waals surface area contributed by atoms with Gasteiger partial charge in [-0.1, -0.05) is 18.2 Å². The number of benzene rings is 1. The van der Waals surface area contributed by atoms with Crippen molar-refractivity contribution < 1.29 is 4.79 Å². The van der Waals surface area contributed by atoms with Gasteiger partial charge in [-0.15, -0.1) is 0 Å². The maximum Gasteiger partial charge on any atom is 0.106 e. The highest BCUT2D eigenvalue weighted by molar-refractivity contribution is 5.78. The first-order valence-corrected chi connectivity index (χ1v) is 3.28. The molecule has 2 heteroatoms. The standard InChI is InChI=1S/C8H7N.CH2O/c1-2-4-8-7(3-1)5-6-9-8;1-2/h1-6,9H;1H2. The third-order valence-electron chi connectivity index (χ3n) is 1.46. The van der Waals surface area contributed by atoms with Gasteiger partial charge in [-0.05, 0) is 17.5 Å². The molecule has 0 atom stereocenters. The van der Waals surface area contributed by atoms with Crippen LogP contribution in [0.2, 0.25) is 0 Å². The van der Waals surface area contributed by atoms with Crippen LogP contribution in [0.25, 0.3) is 10.9 Å². The Morgan fingerprint density at radius 2 is 1.82 bits per heavy atom. The molecule has 56 valence electrons. The topological polar surface area (TPSA) is 32.9 Å². The maximum absolute atomic E-state index is 8.00.